The number of amides is 1. The first-order valence-electron chi connectivity index (χ1n) is 9.76. The average molecular weight is 451 g/mol. The Labute approximate surface area is 188 Å². The van der Waals surface area contributed by atoms with Crippen molar-refractivity contribution in [3.8, 4) is 10.6 Å². The van der Waals surface area contributed by atoms with E-state index in [0.29, 0.717) is 11.6 Å². The van der Waals surface area contributed by atoms with Crippen LogP contribution in [0.4, 0.5) is 17.3 Å². The Morgan fingerprint density at radius 1 is 1.06 bits per heavy atom. The predicted octanol–water partition coefficient (Wildman–Crippen LogP) is 4.74. The monoisotopic (exact) mass is 450 g/mol. The zero-order chi connectivity index (χ0) is 22.0. The van der Waals surface area contributed by atoms with E-state index in [9.17, 15) is 4.79 Å². The van der Waals surface area contributed by atoms with E-state index in [1.54, 1.807) is 11.3 Å². The Balaban J connectivity index is 1.46. The van der Waals surface area contributed by atoms with Crippen LogP contribution < -0.4 is 16.8 Å². The minimum absolute atomic E-state index is 0.125. The number of nitrogens with two attached hydrogens (primary N) is 2. The zero-order valence-electron chi connectivity index (χ0n) is 17.1. The molecule has 2 heterocycles. The summed E-state index contributed by atoms with van der Waals surface area (Å²) in [7, 11) is 0. The number of nitrogens with zero attached hydrogens (tertiary/aromatic N) is 3. The average Bonchev–Trinajstić information content (AvgIpc) is 3.15. The standard InChI is InChI=1S/C22H22N6OS2/c1-3-16(31-22-27-18(23)11-19(24)28-22)20(29)25-14-7-5-13(6-8-14)21-26-15-9-4-12(2)10-17(15)30-21/h4-11,16H,3H2,1-2H3,(H,25,29)(H4,23,24,27,28). The topological polar surface area (TPSA) is 120 Å². The van der Waals surface area contributed by atoms with Gasteiger partial charge in [-0.2, -0.15) is 0 Å². The quantitative estimate of drug-likeness (QED) is 0.287. The summed E-state index contributed by atoms with van der Waals surface area (Å²) in [5, 5.41) is 3.94. The maximum atomic E-state index is 12.8. The molecular weight excluding hydrogens is 428 g/mol. The van der Waals surface area contributed by atoms with Crippen molar-refractivity contribution in [2.45, 2.75) is 30.7 Å². The van der Waals surface area contributed by atoms with E-state index in [0.717, 1.165) is 21.8 Å². The van der Waals surface area contributed by atoms with Gasteiger partial charge in [0, 0.05) is 17.3 Å². The van der Waals surface area contributed by atoms with Crippen molar-refractivity contribution >= 4 is 56.5 Å². The third-order valence-corrected chi connectivity index (χ3v) is 6.89. The normalized spacial score (nSPS) is 12.1. The van der Waals surface area contributed by atoms with Crippen molar-refractivity contribution in [3.05, 3.63) is 54.1 Å². The molecule has 1 amide bonds. The fourth-order valence-electron chi connectivity index (χ4n) is 3.04. The van der Waals surface area contributed by atoms with Crippen LogP contribution in [0.5, 0.6) is 0 Å². The molecule has 2 aromatic heterocycles. The number of rotatable bonds is 6. The molecule has 0 aliphatic heterocycles. The Morgan fingerprint density at radius 2 is 1.77 bits per heavy atom. The van der Waals surface area contributed by atoms with Crippen molar-refractivity contribution in [3.63, 3.8) is 0 Å². The van der Waals surface area contributed by atoms with Gasteiger partial charge in [0.05, 0.1) is 15.5 Å². The third-order valence-electron chi connectivity index (χ3n) is 4.60. The summed E-state index contributed by atoms with van der Waals surface area (Å²) in [5.74, 6) is 0.442. The fraction of sp³-hybridized carbons (Fsp3) is 0.182. The number of hydrogen-bond donors (Lipinski definition) is 3. The molecule has 158 valence electrons. The molecule has 0 radical (unpaired) electrons. The van der Waals surface area contributed by atoms with E-state index < -0.39 is 0 Å². The molecule has 1 unspecified atom stereocenters. The number of nitrogen functional groups attached to an aromatic ring is 2. The molecule has 4 rings (SSSR count). The van der Waals surface area contributed by atoms with E-state index >= 15 is 0 Å². The lowest BCUT2D eigenvalue weighted by Gasteiger charge is -2.14. The number of anilines is 3. The Hall–Kier alpha value is -3.17. The van der Waals surface area contributed by atoms with Crippen LogP contribution in [0.2, 0.25) is 0 Å². The van der Waals surface area contributed by atoms with Gasteiger partial charge >= 0.3 is 0 Å². The molecule has 7 nitrogen and oxygen atoms in total. The molecule has 0 spiro atoms. The van der Waals surface area contributed by atoms with Crippen LogP contribution in [-0.4, -0.2) is 26.1 Å². The molecule has 9 heteroatoms. The van der Waals surface area contributed by atoms with Crippen molar-refractivity contribution in [2.75, 3.05) is 16.8 Å². The van der Waals surface area contributed by atoms with E-state index in [-0.39, 0.29) is 22.8 Å². The van der Waals surface area contributed by atoms with Crippen molar-refractivity contribution in [1.29, 1.82) is 0 Å². The number of aryl methyl sites for hydroxylation is 1. The van der Waals surface area contributed by atoms with Crippen LogP contribution in [0.3, 0.4) is 0 Å². The van der Waals surface area contributed by atoms with Crippen molar-refractivity contribution in [1.82, 2.24) is 15.0 Å². The second-order valence-corrected chi connectivity index (χ2v) is 9.27. The Kier molecular flexibility index (Phi) is 6.06. The second kappa shape index (κ2) is 8.91. The lowest BCUT2D eigenvalue weighted by Crippen LogP contribution is -2.24. The smallest absolute Gasteiger partial charge is 0.237 e. The molecule has 4 aromatic rings. The number of fused-ring (bicyclic) bond motifs is 1. The SMILES string of the molecule is CCC(Sc1nc(N)cc(N)n1)C(=O)Nc1ccc(-c2nc3ccc(C)cc3s2)cc1. The van der Waals surface area contributed by atoms with Gasteiger partial charge < -0.3 is 16.8 Å². The second-order valence-electron chi connectivity index (χ2n) is 7.07. The van der Waals surface area contributed by atoms with Gasteiger partial charge in [-0.3, -0.25) is 4.79 Å². The summed E-state index contributed by atoms with van der Waals surface area (Å²) < 4.78 is 1.17. The maximum absolute atomic E-state index is 12.8. The maximum Gasteiger partial charge on any atom is 0.237 e. The van der Waals surface area contributed by atoms with Crippen LogP contribution >= 0.6 is 23.1 Å². The first-order valence-corrected chi connectivity index (χ1v) is 11.5. The van der Waals surface area contributed by atoms with Crippen LogP contribution in [-0.2, 0) is 4.79 Å². The van der Waals surface area contributed by atoms with E-state index in [4.69, 9.17) is 16.5 Å². The molecule has 0 bridgehead atoms. The lowest BCUT2D eigenvalue weighted by atomic mass is 10.2. The highest BCUT2D eigenvalue weighted by molar-refractivity contribution is 8.00. The summed E-state index contributed by atoms with van der Waals surface area (Å²) in [6.07, 6.45) is 0.609. The molecular formula is C22H22N6OS2. The molecule has 0 saturated heterocycles. The van der Waals surface area contributed by atoms with Gasteiger partial charge in [0.15, 0.2) is 5.16 Å². The summed E-state index contributed by atoms with van der Waals surface area (Å²) in [6.45, 7) is 4.01. The number of nitrogens with one attached hydrogen (secondary N) is 1. The van der Waals surface area contributed by atoms with E-state index in [2.05, 4.69) is 34.3 Å². The summed E-state index contributed by atoms with van der Waals surface area (Å²) in [5.41, 5.74) is 15.4. The molecule has 0 saturated carbocycles. The van der Waals surface area contributed by atoms with Gasteiger partial charge in [0.25, 0.3) is 0 Å². The van der Waals surface area contributed by atoms with Gasteiger partial charge in [0.1, 0.15) is 16.6 Å². The number of benzene rings is 2. The molecule has 5 N–H and O–H groups in total. The Morgan fingerprint density at radius 3 is 2.45 bits per heavy atom. The van der Waals surface area contributed by atoms with Crippen molar-refractivity contribution in [2.24, 2.45) is 0 Å². The minimum Gasteiger partial charge on any atom is -0.383 e. The zero-order valence-corrected chi connectivity index (χ0v) is 18.8. The summed E-state index contributed by atoms with van der Waals surface area (Å²) in [4.78, 5) is 25.8. The highest BCUT2D eigenvalue weighted by atomic mass is 32.2. The lowest BCUT2D eigenvalue weighted by molar-refractivity contribution is -0.115. The number of thiazole rings is 1. The molecule has 0 aliphatic rings. The largest absolute Gasteiger partial charge is 0.383 e. The highest BCUT2D eigenvalue weighted by Gasteiger charge is 2.20. The highest BCUT2D eigenvalue weighted by Crippen LogP contribution is 2.31. The summed E-state index contributed by atoms with van der Waals surface area (Å²) in [6, 6.07) is 15.4. The summed E-state index contributed by atoms with van der Waals surface area (Å²) >= 11 is 2.91. The molecule has 2 aromatic carbocycles. The molecule has 0 fully saturated rings. The molecule has 0 aliphatic carbocycles. The molecule has 1 atom stereocenters. The van der Waals surface area contributed by atoms with E-state index in [1.807, 2.05) is 37.3 Å². The third kappa shape index (κ3) is 4.95. The number of aromatic nitrogens is 3. The molecule has 31 heavy (non-hydrogen) atoms. The number of carbonyl (C=O) groups is 1. The minimum atomic E-state index is -0.367. The Bertz CT molecular complexity index is 1220. The van der Waals surface area contributed by atoms with Crippen LogP contribution in [0.1, 0.15) is 18.9 Å². The first kappa shape index (κ1) is 21.1. The number of thioether (sulfide) groups is 1. The fourth-order valence-corrected chi connectivity index (χ4v) is 5.01. The van der Waals surface area contributed by atoms with Crippen LogP contribution in [0.25, 0.3) is 20.8 Å². The van der Waals surface area contributed by atoms with Gasteiger partial charge in [-0.25, -0.2) is 15.0 Å². The number of carbonyl (C=O) groups excluding carboxylic acids is 1. The van der Waals surface area contributed by atoms with Gasteiger partial charge in [-0.1, -0.05) is 24.8 Å². The number of hydrogen-bond acceptors (Lipinski definition) is 8. The van der Waals surface area contributed by atoms with Crippen LogP contribution in [0, 0.1) is 6.92 Å². The predicted molar refractivity (Wildman–Crippen MR) is 129 cm³/mol. The van der Waals surface area contributed by atoms with Gasteiger partial charge in [-0.15, -0.1) is 11.3 Å². The van der Waals surface area contributed by atoms with Gasteiger partial charge in [-0.05, 0) is 55.3 Å². The van der Waals surface area contributed by atoms with Gasteiger partial charge in [0.2, 0.25) is 5.91 Å². The van der Waals surface area contributed by atoms with Crippen molar-refractivity contribution < 1.29 is 4.79 Å². The first-order chi connectivity index (χ1) is 14.9. The van der Waals surface area contributed by atoms with Crippen LogP contribution in [0.15, 0.2) is 53.7 Å². The van der Waals surface area contributed by atoms with E-state index in [1.165, 1.54) is 28.1 Å².